The molecule has 0 bridgehead atoms. The Balaban J connectivity index is 1.77. The van der Waals surface area contributed by atoms with Crippen molar-refractivity contribution in [3.05, 3.63) is 82.9 Å². The van der Waals surface area contributed by atoms with Crippen LogP contribution in [0.1, 0.15) is 31.8 Å². The van der Waals surface area contributed by atoms with Crippen molar-refractivity contribution in [2.75, 3.05) is 24.9 Å². The molecule has 0 heterocycles. The average molecular weight is 404 g/mol. The average Bonchev–Trinajstić information content (AvgIpc) is 2.77. The van der Waals surface area contributed by atoms with E-state index < -0.39 is 0 Å². The molecule has 0 aliphatic rings. The van der Waals surface area contributed by atoms with Gasteiger partial charge in [-0.25, -0.2) is 0 Å². The van der Waals surface area contributed by atoms with Gasteiger partial charge in [-0.1, -0.05) is 12.1 Å². The van der Waals surface area contributed by atoms with E-state index in [9.17, 15) is 9.59 Å². The van der Waals surface area contributed by atoms with Crippen LogP contribution in [-0.2, 0) is 0 Å². The summed E-state index contributed by atoms with van der Waals surface area (Å²) in [4.78, 5) is 25.2. The maximum atomic E-state index is 12.6. The van der Waals surface area contributed by atoms with Crippen molar-refractivity contribution in [3.8, 4) is 11.5 Å². The highest BCUT2D eigenvalue weighted by Gasteiger charge is 2.13. The minimum Gasteiger partial charge on any atom is -0.497 e. The first-order valence-electron chi connectivity index (χ1n) is 9.43. The number of hydrogen-bond donors (Lipinski definition) is 2. The molecule has 0 fully saturated rings. The zero-order valence-electron chi connectivity index (χ0n) is 17.4. The largest absolute Gasteiger partial charge is 0.497 e. The molecular formula is C24H24N2O4. The molecule has 0 saturated heterocycles. The number of nitrogens with one attached hydrogen (secondary N) is 2. The van der Waals surface area contributed by atoms with E-state index in [1.54, 1.807) is 62.8 Å². The lowest BCUT2D eigenvalue weighted by molar-refractivity contribution is 0.101. The molecule has 154 valence electrons. The summed E-state index contributed by atoms with van der Waals surface area (Å²) in [5.41, 5.74) is 4.03. The van der Waals surface area contributed by atoms with Crippen molar-refractivity contribution in [2.45, 2.75) is 13.8 Å². The summed E-state index contributed by atoms with van der Waals surface area (Å²) in [6, 6.07) is 17.6. The fourth-order valence-corrected chi connectivity index (χ4v) is 3.00. The third kappa shape index (κ3) is 4.78. The number of aryl methyl sites for hydroxylation is 2. The Morgan fingerprint density at radius 2 is 1.07 bits per heavy atom. The number of anilines is 2. The van der Waals surface area contributed by atoms with Crippen molar-refractivity contribution >= 4 is 23.2 Å². The molecule has 0 atom stereocenters. The Morgan fingerprint density at radius 3 is 1.43 bits per heavy atom. The first kappa shape index (κ1) is 20.9. The first-order chi connectivity index (χ1) is 14.4. The second-order valence-electron chi connectivity index (χ2n) is 6.85. The number of amides is 2. The maximum absolute atomic E-state index is 12.6. The lowest BCUT2D eigenvalue weighted by atomic mass is 10.1. The second-order valence-corrected chi connectivity index (χ2v) is 6.85. The molecule has 2 N–H and O–H groups in total. The van der Waals surface area contributed by atoms with E-state index in [1.165, 1.54) is 0 Å². The van der Waals surface area contributed by atoms with Crippen LogP contribution in [0.5, 0.6) is 11.5 Å². The Bertz CT molecular complexity index is 1010. The van der Waals surface area contributed by atoms with Gasteiger partial charge in [-0.15, -0.1) is 0 Å². The maximum Gasteiger partial charge on any atom is 0.255 e. The van der Waals surface area contributed by atoms with E-state index in [4.69, 9.17) is 9.47 Å². The topological polar surface area (TPSA) is 76.7 Å². The fourth-order valence-electron chi connectivity index (χ4n) is 3.00. The van der Waals surface area contributed by atoms with Crippen LogP contribution >= 0.6 is 0 Å². The van der Waals surface area contributed by atoms with E-state index in [2.05, 4.69) is 10.6 Å². The van der Waals surface area contributed by atoms with Crippen LogP contribution in [-0.4, -0.2) is 26.0 Å². The van der Waals surface area contributed by atoms with E-state index in [-0.39, 0.29) is 11.8 Å². The van der Waals surface area contributed by atoms with Crippen molar-refractivity contribution < 1.29 is 19.1 Å². The minimum atomic E-state index is -0.232. The second kappa shape index (κ2) is 9.13. The van der Waals surface area contributed by atoms with Crippen LogP contribution in [0.3, 0.4) is 0 Å². The predicted octanol–water partition coefficient (Wildman–Crippen LogP) is 4.83. The summed E-state index contributed by atoms with van der Waals surface area (Å²) in [7, 11) is 3.12. The van der Waals surface area contributed by atoms with E-state index in [0.29, 0.717) is 34.0 Å². The molecule has 0 aromatic heterocycles. The van der Waals surface area contributed by atoms with Crippen LogP contribution in [0.4, 0.5) is 11.4 Å². The van der Waals surface area contributed by atoms with Gasteiger partial charge in [0.25, 0.3) is 11.8 Å². The van der Waals surface area contributed by atoms with Crippen LogP contribution in [0.25, 0.3) is 0 Å². The highest BCUT2D eigenvalue weighted by molar-refractivity contribution is 6.06. The summed E-state index contributed by atoms with van der Waals surface area (Å²) in [6.45, 7) is 3.75. The zero-order chi connectivity index (χ0) is 21.7. The van der Waals surface area contributed by atoms with E-state index in [0.717, 1.165) is 11.1 Å². The van der Waals surface area contributed by atoms with Crippen LogP contribution in [0.2, 0.25) is 0 Å². The summed E-state index contributed by atoms with van der Waals surface area (Å²) in [6.07, 6.45) is 0. The van der Waals surface area contributed by atoms with Crippen molar-refractivity contribution in [3.63, 3.8) is 0 Å². The fraction of sp³-hybridized carbons (Fsp3) is 0.167. The van der Waals surface area contributed by atoms with E-state index in [1.807, 2.05) is 26.0 Å². The normalized spacial score (nSPS) is 10.3. The molecule has 3 rings (SSSR count). The van der Waals surface area contributed by atoms with Gasteiger partial charge in [0, 0.05) is 22.5 Å². The smallest absolute Gasteiger partial charge is 0.255 e. The highest BCUT2D eigenvalue weighted by atomic mass is 16.5. The monoisotopic (exact) mass is 404 g/mol. The lowest BCUT2D eigenvalue weighted by Gasteiger charge is -2.15. The van der Waals surface area contributed by atoms with Gasteiger partial charge in [-0.3, -0.25) is 9.59 Å². The SMILES string of the molecule is COc1cccc(C(=O)Nc2cc(C)c(NC(=O)c3cccc(OC)c3)cc2C)c1. The van der Waals surface area contributed by atoms with Gasteiger partial charge in [0.15, 0.2) is 0 Å². The van der Waals surface area contributed by atoms with Crippen molar-refractivity contribution in [1.29, 1.82) is 0 Å². The Morgan fingerprint density at radius 1 is 0.667 bits per heavy atom. The highest BCUT2D eigenvalue weighted by Crippen LogP contribution is 2.26. The number of hydrogen-bond acceptors (Lipinski definition) is 4. The van der Waals surface area contributed by atoms with Crippen LogP contribution < -0.4 is 20.1 Å². The summed E-state index contributed by atoms with van der Waals surface area (Å²) in [5.74, 6) is 0.770. The van der Waals surface area contributed by atoms with Crippen molar-refractivity contribution in [1.82, 2.24) is 0 Å². The zero-order valence-corrected chi connectivity index (χ0v) is 17.4. The molecular weight excluding hydrogens is 380 g/mol. The van der Waals surface area contributed by atoms with Gasteiger partial charge < -0.3 is 20.1 Å². The standard InChI is InChI=1S/C24H24N2O4/c1-15-11-22(26-24(28)18-8-6-10-20(14-18)30-4)16(2)12-21(15)25-23(27)17-7-5-9-19(13-17)29-3/h5-14H,1-4H3,(H,25,27)(H,26,28). The first-order valence-corrected chi connectivity index (χ1v) is 9.43. The minimum absolute atomic E-state index is 0.232. The van der Waals surface area contributed by atoms with Gasteiger partial charge in [-0.2, -0.15) is 0 Å². The molecule has 6 nitrogen and oxygen atoms in total. The quantitative estimate of drug-likeness (QED) is 0.617. The molecule has 0 spiro atoms. The molecule has 0 unspecified atom stereocenters. The number of carbonyl (C=O) groups excluding carboxylic acids is 2. The molecule has 0 radical (unpaired) electrons. The lowest BCUT2D eigenvalue weighted by Crippen LogP contribution is -2.15. The van der Waals surface area contributed by atoms with Gasteiger partial charge in [0.2, 0.25) is 0 Å². The summed E-state index contributed by atoms with van der Waals surface area (Å²) in [5, 5.41) is 5.84. The Kier molecular flexibility index (Phi) is 6.37. The number of carbonyl (C=O) groups is 2. The molecule has 3 aromatic carbocycles. The molecule has 0 aliphatic heterocycles. The summed E-state index contributed by atoms with van der Waals surface area (Å²) < 4.78 is 10.3. The predicted molar refractivity (Wildman–Crippen MR) is 118 cm³/mol. The molecule has 6 heteroatoms. The Hall–Kier alpha value is -3.80. The number of benzene rings is 3. The van der Waals surface area contributed by atoms with E-state index >= 15 is 0 Å². The van der Waals surface area contributed by atoms with Gasteiger partial charge in [-0.05, 0) is 73.5 Å². The number of methoxy groups -OCH3 is 2. The molecule has 0 aliphatic carbocycles. The van der Waals surface area contributed by atoms with Crippen LogP contribution in [0.15, 0.2) is 60.7 Å². The molecule has 0 saturated carbocycles. The van der Waals surface area contributed by atoms with Gasteiger partial charge >= 0.3 is 0 Å². The summed E-state index contributed by atoms with van der Waals surface area (Å²) >= 11 is 0. The van der Waals surface area contributed by atoms with Gasteiger partial charge in [0.1, 0.15) is 11.5 Å². The molecule has 3 aromatic rings. The van der Waals surface area contributed by atoms with Gasteiger partial charge in [0.05, 0.1) is 14.2 Å². The Labute approximate surface area is 175 Å². The molecule has 2 amide bonds. The number of ether oxygens (including phenoxy) is 2. The van der Waals surface area contributed by atoms with Crippen molar-refractivity contribution in [2.24, 2.45) is 0 Å². The third-order valence-corrected chi connectivity index (χ3v) is 4.73. The molecule has 30 heavy (non-hydrogen) atoms. The third-order valence-electron chi connectivity index (χ3n) is 4.73. The van der Waals surface area contributed by atoms with Crippen LogP contribution in [0, 0.1) is 13.8 Å². The number of rotatable bonds is 6.